The molecule has 0 amide bonds. The van der Waals surface area contributed by atoms with Crippen LogP contribution in [0.15, 0.2) is 59.1 Å². The Morgan fingerprint density at radius 2 is 1.98 bits per heavy atom. The maximum atomic E-state index is 13.8. The highest BCUT2D eigenvalue weighted by atomic mass is 35.5. The zero-order chi connectivity index (χ0) is 29.0. The molecule has 1 fully saturated rings. The second-order valence-corrected chi connectivity index (χ2v) is 11.8. The smallest absolute Gasteiger partial charge is 0.252 e. The Morgan fingerprint density at radius 1 is 1.20 bits per heavy atom. The zero-order valence-corrected chi connectivity index (χ0v) is 24.6. The first-order chi connectivity index (χ1) is 19.0. The first-order valence-electron chi connectivity index (χ1n) is 13.7. The van der Waals surface area contributed by atoms with Gasteiger partial charge in [0.1, 0.15) is 5.75 Å². The number of rotatable bonds is 10. The van der Waals surface area contributed by atoms with Gasteiger partial charge in [0, 0.05) is 47.8 Å². The number of hydrogen-bond acceptors (Lipinski definition) is 6. The molecular formula is C32H38ClNO6. The van der Waals surface area contributed by atoms with Crippen molar-refractivity contribution < 1.29 is 23.8 Å². The lowest BCUT2D eigenvalue weighted by Gasteiger charge is -2.31. The number of ether oxygens (including phenoxy) is 3. The molecular weight excluding hydrogens is 530 g/mol. The normalized spacial score (nSPS) is 19.5. The summed E-state index contributed by atoms with van der Waals surface area (Å²) in [6.07, 6.45) is 10.3. The lowest BCUT2D eigenvalue weighted by Crippen LogP contribution is -2.32. The van der Waals surface area contributed by atoms with Crippen molar-refractivity contribution in [3.8, 4) is 16.9 Å². The van der Waals surface area contributed by atoms with E-state index in [1.54, 1.807) is 24.4 Å². The van der Waals surface area contributed by atoms with E-state index >= 15 is 0 Å². The van der Waals surface area contributed by atoms with Gasteiger partial charge in [-0.1, -0.05) is 29.8 Å². The number of methoxy groups -OCH3 is 1. The molecule has 0 saturated carbocycles. The van der Waals surface area contributed by atoms with Gasteiger partial charge in [0.2, 0.25) is 0 Å². The first kappa shape index (κ1) is 30.0. The lowest BCUT2D eigenvalue weighted by molar-refractivity contribution is -0.122. The Morgan fingerprint density at radius 3 is 2.67 bits per heavy atom. The molecule has 1 aliphatic carbocycles. The molecule has 0 bridgehead atoms. The first-order valence-corrected chi connectivity index (χ1v) is 14.1. The molecule has 2 heterocycles. The summed E-state index contributed by atoms with van der Waals surface area (Å²) in [7, 11) is 1.49. The van der Waals surface area contributed by atoms with Crippen molar-refractivity contribution in [3.05, 3.63) is 75.2 Å². The third kappa shape index (κ3) is 7.19. The molecule has 1 aliphatic heterocycles. The van der Waals surface area contributed by atoms with Crippen LogP contribution in [-0.4, -0.2) is 48.2 Å². The highest BCUT2D eigenvalue weighted by Crippen LogP contribution is 2.35. The topological polar surface area (TPSA) is 83.8 Å². The Labute approximate surface area is 240 Å². The molecule has 2 aliphatic rings. The van der Waals surface area contributed by atoms with Gasteiger partial charge in [0.25, 0.3) is 5.56 Å². The molecule has 2 aromatic rings. The van der Waals surface area contributed by atoms with Crippen LogP contribution >= 0.6 is 11.6 Å². The Balaban J connectivity index is 1.70. The second-order valence-electron chi connectivity index (χ2n) is 11.4. The van der Waals surface area contributed by atoms with Crippen molar-refractivity contribution >= 4 is 23.2 Å². The van der Waals surface area contributed by atoms with Gasteiger partial charge in [0.05, 0.1) is 31.1 Å². The van der Waals surface area contributed by atoms with E-state index in [1.807, 2.05) is 32.9 Å². The zero-order valence-electron chi connectivity index (χ0n) is 23.9. The molecule has 3 unspecified atom stereocenters. The van der Waals surface area contributed by atoms with Crippen LogP contribution in [0.5, 0.6) is 5.75 Å². The van der Waals surface area contributed by atoms with E-state index in [9.17, 15) is 14.4 Å². The number of ketones is 2. The fraction of sp³-hybridized carbons (Fsp3) is 0.469. The van der Waals surface area contributed by atoms with Gasteiger partial charge in [-0.2, -0.15) is 0 Å². The van der Waals surface area contributed by atoms with Gasteiger partial charge in [-0.3, -0.25) is 14.4 Å². The van der Waals surface area contributed by atoms with E-state index < -0.39 is 6.04 Å². The number of hydrogen-bond donors (Lipinski definition) is 0. The number of Topliss-reactive ketones (excluding diaryl/α,β-unsaturated/α-hetero) is 2. The Hall–Kier alpha value is -3.00. The summed E-state index contributed by atoms with van der Waals surface area (Å²) in [6.45, 7) is 8.36. The molecule has 214 valence electrons. The summed E-state index contributed by atoms with van der Waals surface area (Å²) in [5.74, 6) is 0.370. The van der Waals surface area contributed by atoms with E-state index in [2.05, 4.69) is 6.08 Å². The van der Waals surface area contributed by atoms with Crippen molar-refractivity contribution in [1.82, 2.24) is 4.57 Å². The predicted octanol–water partition coefficient (Wildman–Crippen LogP) is 6.38. The van der Waals surface area contributed by atoms with Crippen molar-refractivity contribution in [2.45, 2.75) is 71.1 Å². The number of halogens is 1. The van der Waals surface area contributed by atoms with Gasteiger partial charge in [0.15, 0.2) is 11.6 Å². The van der Waals surface area contributed by atoms with Crippen LogP contribution in [0.1, 0.15) is 69.8 Å². The molecule has 40 heavy (non-hydrogen) atoms. The average Bonchev–Trinajstić information content (AvgIpc) is 2.90. The minimum Gasteiger partial charge on any atom is -0.495 e. The number of fused-ring (bicyclic) bond motifs is 1. The molecule has 1 aromatic carbocycles. The quantitative estimate of drug-likeness (QED) is 0.310. The standard InChI is InChI=1S/C32H38ClNO6/c1-20(35)24-10-9-23(33)17-25(24)26-18-31(37)34(19-30(26)38-5)27(12-14-40-32(2,3)4)28(36)16-21-8-11-29-22(15-21)7-6-13-39-29/h8-11,15,17-19,22,27,29H,6-7,12-14,16H2,1-5H3. The summed E-state index contributed by atoms with van der Waals surface area (Å²) >= 11 is 6.25. The number of nitrogens with zero attached hydrogens (tertiary/aromatic N) is 1. The van der Waals surface area contributed by atoms with E-state index in [0.717, 1.165) is 25.0 Å². The third-order valence-corrected chi connectivity index (χ3v) is 7.50. The summed E-state index contributed by atoms with van der Waals surface area (Å²) in [6, 6.07) is 5.55. The van der Waals surface area contributed by atoms with Crippen LogP contribution in [0.2, 0.25) is 5.02 Å². The van der Waals surface area contributed by atoms with Gasteiger partial charge >= 0.3 is 0 Å². The van der Waals surface area contributed by atoms with Crippen LogP contribution in [0, 0.1) is 5.92 Å². The lowest BCUT2D eigenvalue weighted by atomic mass is 9.86. The molecule has 1 aromatic heterocycles. The van der Waals surface area contributed by atoms with E-state index in [4.69, 9.17) is 25.8 Å². The van der Waals surface area contributed by atoms with Crippen LogP contribution in [0.3, 0.4) is 0 Å². The van der Waals surface area contributed by atoms with Crippen molar-refractivity contribution in [2.24, 2.45) is 5.92 Å². The molecule has 0 radical (unpaired) electrons. The molecule has 8 heteroatoms. The molecule has 7 nitrogen and oxygen atoms in total. The largest absolute Gasteiger partial charge is 0.495 e. The number of carbonyl (C=O) groups is 2. The molecule has 1 saturated heterocycles. The fourth-order valence-electron chi connectivity index (χ4n) is 5.31. The number of aromatic nitrogens is 1. The van der Waals surface area contributed by atoms with Gasteiger partial charge in [-0.25, -0.2) is 0 Å². The highest BCUT2D eigenvalue weighted by Gasteiger charge is 2.29. The van der Waals surface area contributed by atoms with Crippen molar-refractivity contribution in [1.29, 1.82) is 0 Å². The Kier molecular flexibility index (Phi) is 9.49. The van der Waals surface area contributed by atoms with Gasteiger partial charge < -0.3 is 18.8 Å². The minimum absolute atomic E-state index is 0.0643. The van der Waals surface area contributed by atoms with Crippen molar-refractivity contribution in [3.63, 3.8) is 0 Å². The molecule has 0 N–H and O–H groups in total. The summed E-state index contributed by atoms with van der Waals surface area (Å²) in [5.41, 5.74) is 1.53. The van der Waals surface area contributed by atoms with Gasteiger partial charge in [-0.05, 0) is 76.3 Å². The van der Waals surface area contributed by atoms with E-state index in [0.29, 0.717) is 40.5 Å². The summed E-state index contributed by atoms with van der Waals surface area (Å²) in [4.78, 5) is 39.7. The maximum Gasteiger partial charge on any atom is 0.252 e. The number of pyridine rings is 1. The predicted molar refractivity (Wildman–Crippen MR) is 156 cm³/mol. The highest BCUT2D eigenvalue weighted by molar-refractivity contribution is 6.31. The number of allylic oxidation sites excluding steroid dienone is 2. The average molecular weight is 568 g/mol. The van der Waals surface area contributed by atoms with Crippen LogP contribution in [-0.2, 0) is 14.3 Å². The van der Waals surface area contributed by atoms with Crippen molar-refractivity contribution in [2.75, 3.05) is 20.3 Å². The van der Waals surface area contributed by atoms with Crippen LogP contribution < -0.4 is 10.3 Å². The van der Waals surface area contributed by atoms with Crippen LogP contribution in [0.25, 0.3) is 11.1 Å². The Bertz CT molecular complexity index is 1380. The molecule has 4 rings (SSSR count). The minimum atomic E-state index is -0.765. The third-order valence-electron chi connectivity index (χ3n) is 7.27. The van der Waals surface area contributed by atoms with E-state index in [1.165, 1.54) is 24.7 Å². The number of benzene rings is 1. The summed E-state index contributed by atoms with van der Waals surface area (Å²) < 4.78 is 18.9. The fourth-order valence-corrected chi connectivity index (χ4v) is 5.48. The second kappa shape index (κ2) is 12.7. The van der Waals surface area contributed by atoms with Crippen LogP contribution in [0.4, 0.5) is 0 Å². The molecule has 3 atom stereocenters. The number of carbonyl (C=O) groups excluding carboxylic acids is 2. The SMILES string of the molecule is COc1cn(C(CCOC(C)(C)C)C(=O)CC2=CC3CCCOC3C=C2)c(=O)cc1-c1cc(Cl)ccc1C(C)=O. The van der Waals surface area contributed by atoms with Gasteiger partial charge in [-0.15, -0.1) is 0 Å². The molecule has 0 spiro atoms. The summed E-state index contributed by atoms with van der Waals surface area (Å²) in [5, 5.41) is 0.429. The maximum absolute atomic E-state index is 13.8. The monoisotopic (exact) mass is 567 g/mol. The van der Waals surface area contributed by atoms with E-state index in [-0.39, 0.29) is 41.2 Å².